The van der Waals surface area contributed by atoms with Gasteiger partial charge in [0.25, 0.3) is 0 Å². The monoisotopic (exact) mass is 366 g/mol. The number of nitrogens with two attached hydrogens (primary N) is 1. The molecule has 2 aromatic rings. The van der Waals surface area contributed by atoms with E-state index in [0.717, 1.165) is 48.8 Å². The van der Waals surface area contributed by atoms with Gasteiger partial charge in [0.15, 0.2) is 0 Å². The van der Waals surface area contributed by atoms with Crippen LogP contribution in [0.5, 0.6) is 11.5 Å². The van der Waals surface area contributed by atoms with Gasteiger partial charge in [-0.3, -0.25) is 0 Å². The molecule has 0 fully saturated rings. The second-order valence-corrected chi connectivity index (χ2v) is 6.81. The van der Waals surface area contributed by atoms with Crippen LogP contribution < -0.4 is 10.5 Å². The summed E-state index contributed by atoms with van der Waals surface area (Å²) < 4.78 is 19.0. The third-order valence-electron chi connectivity index (χ3n) is 4.92. The minimum atomic E-state index is -0.450. The normalized spacial score (nSPS) is 15.8. The van der Waals surface area contributed by atoms with E-state index in [1.54, 1.807) is 18.2 Å². The van der Waals surface area contributed by atoms with Crippen LogP contribution in [-0.2, 0) is 6.42 Å². The smallest absolute Gasteiger partial charge is 0.205 e. The van der Waals surface area contributed by atoms with Gasteiger partial charge in [-0.05, 0) is 42.2 Å². The first-order valence-corrected chi connectivity index (χ1v) is 9.24. The van der Waals surface area contributed by atoms with Gasteiger partial charge in [-0.2, -0.15) is 5.26 Å². The number of aromatic hydroxyl groups is 1. The maximum Gasteiger partial charge on any atom is 0.205 e. The zero-order chi connectivity index (χ0) is 19.4. The average molecular weight is 366 g/mol. The molecule has 0 bridgehead atoms. The second kappa shape index (κ2) is 8.13. The maximum atomic E-state index is 13.4. The Bertz CT molecular complexity index is 898. The van der Waals surface area contributed by atoms with Crippen LogP contribution in [0.1, 0.15) is 55.2 Å². The molecule has 5 heteroatoms. The van der Waals surface area contributed by atoms with E-state index in [4.69, 9.17) is 10.5 Å². The van der Waals surface area contributed by atoms with Gasteiger partial charge in [-0.15, -0.1) is 0 Å². The van der Waals surface area contributed by atoms with Crippen LogP contribution in [0.4, 0.5) is 4.39 Å². The fraction of sp³-hybridized carbons (Fsp3) is 0.318. The van der Waals surface area contributed by atoms with Crippen molar-refractivity contribution in [1.82, 2.24) is 0 Å². The first-order valence-electron chi connectivity index (χ1n) is 9.24. The van der Waals surface area contributed by atoms with Gasteiger partial charge < -0.3 is 15.6 Å². The Kier molecular flexibility index (Phi) is 5.66. The molecule has 3 rings (SSSR count). The summed E-state index contributed by atoms with van der Waals surface area (Å²) in [5, 5.41) is 20.0. The first kappa shape index (κ1) is 18.8. The molecule has 3 N–H and O–H groups in total. The van der Waals surface area contributed by atoms with Crippen LogP contribution in [0.25, 0.3) is 0 Å². The summed E-state index contributed by atoms with van der Waals surface area (Å²) >= 11 is 0. The minimum Gasteiger partial charge on any atom is -0.508 e. The number of phenols is 1. The fourth-order valence-corrected chi connectivity index (χ4v) is 3.48. The van der Waals surface area contributed by atoms with Crippen molar-refractivity contribution in [1.29, 1.82) is 5.26 Å². The van der Waals surface area contributed by atoms with Gasteiger partial charge in [-0.1, -0.05) is 38.3 Å². The number of unbranched alkanes of at least 4 members (excludes halogenated alkanes) is 3. The molecule has 4 nitrogen and oxygen atoms in total. The third-order valence-corrected chi connectivity index (χ3v) is 4.92. The van der Waals surface area contributed by atoms with Crippen LogP contribution in [0.2, 0.25) is 0 Å². The maximum absolute atomic E-state index is 13.4. The number of benzene rings is 2. The Balaban J connectivity index is 2.03. The van der Waals surface area contributed by atoms with Crippen molar-refractivity contribution < 1.29 is 14.2 Å². The van der Waals surface area contributed by atoms with Gasteiger partial charge in [0, 0.05) is 11.6 Å². The quantitative estimate of drug-likeness (QED) is 0.715. The molecule has 0 saturated heterocycles. The van der Waals surface area contributed by atoms with Crippen LogP contribution in [0.15, 0.2) is 47.9 Å². The van der Waals surface area contributed by atoms with E-state index in [0.29, 0.717) is 5.75 Å². The zero-order valence-corrected chi connectivity index (χ0v) is 15.3. The van der Waals surface area contributed by atoms with Crippen LogP contribution in [0, 0.1) is 17.1 Å². The molecule has 2 aromatic carbocycles. The molecule has 1 unspecified atom stereocenters. The molecular formula is C22H23FN2O2. The molecule has 0 aromatic heterocycles. The largest absolute Gasteiger partial charge is 0.508 e. The number of rotatable bonds is 6. The molecule has 0 aliphatic carbocycles. The Morgan fingerprint density at radius 2 is 1.93 bits per heavy atom. The number of fused-ring (bicyclic) bond motifs is 1. The van der Waals surface area contributed by atoms with Crippen molar-refractivity contribution in [3.05, 3.63) is 70.4 Å². The molecule has 1 heterocycles. The molecule has 27 heavy (non-hydrogen) atoms. The molecule has 0 spiro atoms. The standard InChI is InChI=1S/C22H23FN2O2/c1-2-3-4-5-6-15-11-17-20(12-19(15)26)27-22(25)18(13-24)21(17)14-7-9-16(23)10-8-14/h7-12,21,26H,2-6,25H2,1H3. The Morgan fingerprint density at radius 1 is 1.19 bits per heavy atom. The van der Waals surface area contributed by atoms with E-state index in [2.05, 4.69) is 13.0 Å². The van der Waals surface area contributed by atoms with E-state index in [-0.39, 0.29) is 23.0 Å². The number of hydrogen-bond acceptors (Lipinski definition) is 4. The Labute approximate surface area is 158 Å². The molecule has 1 aliphatic heterocycles. The van der Waals surface area contributed by atoms with Gasteiger partial charge >= 0.3 is 0 Å². The summed E-state index contributed by atoms with van der Waals surface area (Å²) in [4.78, 5) is 0. The van der Waals surface area contributed by atoms with Crippen molar-refractivity contribution in [3.63, 3.8) is 0 Å². The third kappa shape index (κ3) is 3.90. The highest BCUT2D eigenvalue weighted by Crippen LogP contribution is 2.44. The molecule has 0 amide bonds. The Hall–Kier alpha value is -3.00. The van der Waals surface area contributed by atoms with Crippen molar-refractivity contribution in [2.75, 3.05) is 0 Å². The number of halogens is 1. The fourth-order valence-electron chi connectivity index (χ4n) is 3.48. The highest BCUT2D eigenvalue weighted by atomic mass is 19.1. The number of nitrogens with zero attached hydrogens (tertiary/aromatic N) is 1. The molecule has 0 radical (unpaired) electrons. The topological polar surface area (TPSA) is 79.3 Å². The van der Waals surface area contributed by atoms with E-state index in [1.165, 1.54) is 12.1 Å². The second-order valence-electron chi connectivity index (χ2n) is 6.81. The molecular weight excluding hydrogens is 343 g/mol. The van der Waals surface area contributed by atoms with E-state index >= 15 is 0 Å². The lowest BCUT2D eigenvalue weighted by Crippen LogP contribution is -2.21. The lowest BCUT2D eigenvalue weighted by molar-refractivity contribution is 0.387. The van der Waals surface area contributed by atoms with Gasteiger partial charge in [-0.25, -0.2) is 4.39 Å². The van der Waals surface area contributed by atoms with E-state index < -0.39 is 5.92 Å². The SMILES string of the molecule is CCCCCCc1cc2c(cc1O)OC(N)=C(C#N)C2c1ccc(F)cc1. The number of ether oxygens (including phenoxy) is 1. The predicted molar refractivity (Wildman–Crippen MR) is 102 cm³/mol. The number of aryl methyl sites for hydroxylation is 1. The van der Waals surface area contributed by atoms with Gasteiger partial charge in [0.1, 0.15) is 29.0 Å². The first-order chi connectivity index (χ1) is 13.0. The van der Waals surface area contributed by atoms with Gasteiger partial charge in [0.2, 0.25) is 5.88 Å². The molecule has 1 atom stereocenters. The number of nitriles is 1. The van der Waals surface area contributed by atoms with Crippen molar-refractivity contribution >= 4 is 0 Å². The summed E-state index contributed by atoms with van der Waals surface area (Å²) in [5.41, 5.74) is 8.56. The lowest BCUT2D eigenvalue weighted by atomic mass is 9.82. The Morgan fingerprint density at radius 3 is 2.59 bits per heavy atom. The van der Waals surface area contributed by atoms with Crippen molar-refractivity contribution in [2.24, 2.45) is 5.73 Å². The van der Waals surface area contributed by atoms with Crippen LogP contribution in [-0.4, -0.2) is 5.11 Å². The number of allylic oxidation sites excluding steroid dienone is 1. The highest BCUT2D eigenvalue weighted by Gasteiger charge is 2.31. The summed E-state index contributed by atoms with van der Waals surface area (Å²) in [6.45, 7) is 2.15. The molecule has 1 aliphatic rings. The summed E-state index contributed by atoms with van der Waals surface area (Å²) in [7, 11) is 0. The molecule has 140 valence electrons. The number of hydrogen-bond donors (Lipinski definition) is 2. The summed E-state index contributed by atoms with van der Waals surface area (Å²) in [5.74, 6) is -0.195. The average Bonchev–Trinajstić information content (AvgIpc) is 2.65. The predicted octanol–water partition coefficient (Wildman–Crippen LogP) is 4.87. The summed E-state index contributed by atoms with van der Waals surface area (Å²) in [6, 6.07) is 11.6. The summed E-state index contributed by atoms with van der Waals surface area (Å²) in [6.07, 6.45) is 5.13. The van der Waals surface area contributed by atoms with Crippen molar-refractivity contribution in [2.45, 2.75) is 44.9 Å². The van der Waals surface area contributed by atoms with E-state index in [9.17, 15) is 14.8 Å². The van der Waals surface area contributed by atoms with Crippen LogP contribution in [0.3, 0.4) is 0 Å². The van der Waals surface area contributed by atoms with E-state index in [1.807, 2.05) is 6.07 Å². The van der Waals surface area contributed by atoms with Gasteiger partial charge in [0.05, 0.1) is 5.92 Å². The number of phenolic OH excluding ortho intramolecular Hbond substituents is 1. The minimum absolute atomic E-state index is 0.00872. The lowest BCUT2D eigenvalue weighted by Gasteiger charge is -2.27. The molecule has 0 saturated carbocycles. The van der Waals surface area contributed by atoms with Crippen LogP contribution >= 0.6 is 0 Å². The zero-order valence-electron chi connectivity index (χ0n) is 15.3. The van der Waals surface area contributed by atoms with Crippen molar-refractivity contribution in [3.8, 4) is 17.6 Å². The highest BCUT2D eigenvalue weighted by molar-refractivity contribution is 5.58.